The number of hydrogen-bond acceptors (Lipinski definition) is 3. The van der Waals surface area contributed by atoms with Gasteiger partial charge in [-0.1, -0.05) is 20.3 Å². The minimum atomic E-state index is 0.0905. The van der Waals surface area contributed by atoms with Crippen molar-refractivity contribution in [2.45, 2.75) is 39.5 Å². The molecule has 2 aliphatic rings. The van der Waals surface area contributed by atoms with E-state index in [9.17, 15) is 4.79 Å². The van der Waals surface area contributed by atoms with Crippen LogP contribution < -0.4 is 15.1 Å². The van der Waals surface area contributed by atoms with Crippen LogP contribution in [0.5, 0.6) is 0 Å². The second-order valence-corrected chi connectivity index (χ2v) is 7.75. The number of piperazine rings is 1. The highest BCUT2D eigenvalue weighted by Gasteiger charge is 2.21. The van der Waals surface area contributed by atoms with E-state index < -0.39 is 0 Å². The van der Waals surface area contributed by atoms with Crippen LogP contribution in [0.15, 0.2) is 24.3 Å². The number of hydrogen-bond donors (Lipinski definition) is 1. The molecule has 0 spiro atoms. The molecule has 0 saturated carbocycles. The summed E-state index contributed by atoms with van der Waals surface area (Å²) in [6, 6.07) is 9.09. The fourth-order valence-electron chi connectivity index (χ4n) is 3.79. The molecule has 26 heavy (non-hydrogen) atoms. The van der Waals surface area contributed by atoms with E-state index in [1.165, 1.54) is 37.3 Å². The lowest BCUT2D eigenvalue weighted by Gasteiger charge is -2.36. The van der Waals surface area contributed by atoms with E-state index in [1.807, 2.05) is 4.90 Å². The lowest BCUT2D eigenvalue weighted by molar-refractivity contribution is 0.194. The number of nitrogens with zero attached hydrogens (tertiary/aromatic N) is 3. The van der Waals surface area contributed by atoms with E-state index >= 15 is 0 Å². The first kappa shape index (κ1) is 18.9. The number of anilines is 2. The van der Waals surface area contributed by atoms with Gasteiger partial charge in [0.1, 0.15) is 0 Å². The Morgan fingerprint density at radius 1 is 0.962 bits per heavy atom. The summed E-state index contributed by atoms with van der Waals surface area (Å²) in [5.41, 5.74) is 2.61. The van der Waals surface area contributed by atoms with E-state index in [1.54, 1.807) is 0 Å². The topological polar surface area (TPSA) is 38.8 Å². The highest BCUT2D eigenvalue weighted by atomic mass is 16.2. The fraction of sp³-hybridized carbons (Fsp3) is 0.667. The lowest BCUT2D eigenvalue weighted by Crippen LogP contribution is -2.52. The van der Waals surface area contributed by atoms with Crippen LogP contribution in [0.3, 0.4) is 0 Å². The van der Waals surface area contributed by atoms with Gasteiger partial charge in [-0.3, -0.25) is 0 Å². The van der Waals surface area contributed by atoms with Crippen LogP contribution in [-0.4, -0.2) is 56.7 Å². The van der Waals surface area contributed by atoms with Gasteiger partial charge in [-0.15, -0.1) is 0 Å². The summed E-state index contributed by atoms with van der Waals surface area (Å²) < 4.78 is 0. The van der Waals surface area contributed by atoms with E-state index in [0.717, 1.165) is 51.5 Å². The molecule has 5 heteroatoms. The van der Waals surface area contributed by atoms with Crippen molar-refractivity contribution in [2.75, 3.05) is 55.6 Å². The molecule has 0 unspecified atom stereocenters. The molecule has 2 heterocycles. The van der Waals surface area contributed by atoms with Gasteiger partial charge >= 0.3 is 6.03 Å². The van der Waals surface area contributed by atoms with Crippen molar-refractivity contribution in [2.24, 2.45) is 5.92 Å². The Hall–Kier alpha value is -1.91. The van der Waals surface area contributed by atoms with Crippen LogP contribution in [0.1, 0.15) is 39.5 Å². The van der Waals surface area contributed by atoms with Gasteiger partial charge in [0.2, 0.25) is 0 Å². The van der Waals surface area contributed by atoms with Gasteiger partial charge in [-0.2, -0.15) is 0 Å². The van der Waals surface area contributed by atoms with Gasteiger partial charge < -0.3 is 20.0 Å². The first-order valence-electron chi connectivity index (χ1n) is 10.3. The fourth-order valence-corrected chi connectivity index (χ4v) is 3.79. The second-order valence-electron chi connectivity index (χ2n) is 7.75. The zero-order valence-electron chi connectivity index (χ0n) is 16.4. The molecule has 5 nitrogen and oxygen atoms in total. The first-order valence-corrected chi connectivity index (χ1v) is 10.3. The summed E-state index contributed by atoms with van der Waals surface area (Å²) in [6.45, 7) is 11.0. The standard InChI is InChI=1S/C21H34N4O/c1-3-4-11-22-21(26)25-16-14-24(15-17-25)20-7-5-19(6-8-20)23-12-9-18(2)10-13-23/h5-8,18H,3-4,9-17H2,1-2H3,(H,22,26). The Bertz CT molecular complexity index is 558. The number of nitrogens with one attached hydrogen (secondary N) is 1. The predicted octanol–water partition coefficient (Wildman–Crippen LogP) is 3.55. The van der Waals surface area contributed by atoms with Crippen molar-refractivity contribution in [3.63, 3.8) is 0 Å². The van der Waals surface area contributed by atoms with Gasteiger partial charge in [-0.25, -0.2) is 4.79 Å². The molecule has 1 aromatic rings. The van der Waals surface area contributed by atoms with Crippen LogP contribution in [0.25, 0.3) is 0 Å². The molecule has 2 aliphatic heterocycles. The summed E-state index contributed by atoms with van der Waals surface area (Å²) in [5, 5.41) is 3.02. The van der Waals surface area contributed by atoms with Crippen molar-refractivity contribution < 1.29 is 4.79 Å². The van der Waals surface area contributed by atoms with Crippen molar-refractivity contribution in [1.82, 2.24) is 10.2 Å². The Balaban J connectivity index is 1.48. The number of benzene rings is 1. The summed E-state index contributed by atoms with van der Waals surface area (Å²) in [7, 11) is 0. The maximum absolute atomic E-state index is 12.1. The normalized spacial score (nSPS) is 18.9. The van der Waals surface area contributed by atoms with Crippen molar-refractivity contribution in [3.8, 4) is 0 Å². The largest absolute Gasteiger partial charge is 0.372 e. The van der Waals surface area contributed by atoms with Crippen LogP contribution in [0.2, 0.25) is 0 Å². The summed E-state index contributed by atoms with van der Waals surface area (Å²) in [6.07, 6.45) is 4.75. The Kier molecular flexibility index (Phi) is 6.64. The van der Waals surface area contributed by atoms with E-state index in [0.29, 0.717) is 0 Å². The quantitative estimate of drug-likeness (QED) is 0.818. The Labute approximate surface area is 158 Å². The second kappa shape index (κ2) is 9.15. The molecule has 1 aromatic carbocycles. The lowest BCUT2D eigenvalue weighted by atomic mass is 9.99. The zero-order chi connectivity index (χ0) is 18.4. The SMILES string of the molecule is CCCCNC(=O)N1CCN(c2ccc(N3CCC(C)CC3)cc2)CC1. The molecule has 0 atom stereocenters. The average molecular weight is 359 g/mol. The molecule has 0 aliphatic carbocycles. The Morgan fingerprint density at radius 2 is 1.50 bits per heavy atom. The minimum Gasteiger partial charge on any atom is -0.372 e. The minimum absolute atomic E-state index is 0.0905. The van der Waals surface area contributed by atoms with Gasteiger partial charge in [-0.05, 0) is 49.4 Å². The molecular weight excluding hydrogens is 324 g/mol. The van der Waals surface area contributed by atoms with Gasteiger partial charge in [0.15, 0.2) is 0 Å². The van der Waals surface area contributed by atoms with Crippen LogP contribution in [-0.2, 0) is 0 Å². The van der Waals surface area contributed by atoms with E-state index in [4.69, 9.17) is 0 Å². The van der Waals surface area contributed by atoms with Crippen LogP contribution in [0.4, 0.5) is 16.2 Å². The summed E-state index contributed by atoms with van der Waals surface area (Å²) in [4.78, 5) is 19.0. The molecule has 3 rings (SSSR count). The molecule has 1 N–H and O–H groups in total. The molecule has 2 saturated heterocycles. The highest BCUT2D eigenvalue weighted by molar-refractivity contribution is 5.74. The van der Waals surface area contributed by atoms with E-state index in [-0.39, 0.29) is 6.03 Å². The predicted molar refractivity (Wildman–Crippen MR) is 109 cm³/mol. The number of piperidine rings is 1. The number of urea groups is 1. The molecule has 144 valence electrons. The number of carbonyl (C=O) groups is 1. The average Bonchev–Trinajstić information content (AvgIpc) is 2.69. The van der Waals surface area contributed by atoms with Crippen molar-refractivity contribution >= 4 is 17.4 Å². The smallest absolute Gasteiger partial charge is 0.317 e. The van der Waals surface area contributed by atoms with Crippen molar-refractivity contribution in [3.05, 3.63) is 24.3 Å². The third kappa shape index (κ3) is 4.83. The monoisotopic (exact) mass is 358 g/mol. The van der Waals surface area contributed by atoms with Gasteiger partial charge in [0.25, 0.3) is 0 Å². The number of unbranched alkanes of at least 4 members (excludes halogenated alkanes) is 1. The maximum atomic E-state index is 12.1. The molecular formula is C21H34N4O. The third-order valence-corrected chi connectivity index (χ3v) is 5.74. The molecule has 0 bridgehead atoms. The summed E-state index contributed by atoms with van der Waals surface area (Å²) >= 11 is 0. The zero-order valence-corrected chi connectivity index (χ0v) is 16.4. The van der Waals surface area contributed by atoms with Crippen LogP contribution in [0, 0.1) is 5.92 Å². The summed E-state index contributed by atoms with van der Waals surface area (Å²) in [5.74, 6) is 0.862. The molecule has 2 amide bonds. The third-order valence-electron chi connectivity index (χ3n) is 5.74. The van der Waals surface area contributed by atoms with Gasteiger partial charge in [0, 0.05) is 57.2 Å². The van der Waals surface area contributed by atoms with Crippen LogP contribution >= 0.6 is 0 Å². The number of carbonyl (C=O) groups excluding carboxylic acids is 1. The Morgan fingerprint density at radius 3 is 2.04 bits per heavy atom. The highest BCUT2D eigenvalue weighted by Crippen LogP contribution is 2.26. The molecule has 2 fully saturated rings. The number of rotatable bonds is 5. The number of amides is 2. The first-order chi connectivity index (χ1) is 12.7. The van der Waals surface area contributed by atoms with E-state index in [2.05, 4.69) is 53.2 Å². The maximum Gasteiger partial charge on any atom is 0.317 e. The van der Waals surface area contributed by atoms with Gasteiger partial charge in [0.05, 0.1) is 0 Å². The molecule has 0 aromatic heterocycles. The van der Waals surface area contributed by atoms with Crippen molar-refractivity contribution in [1.29, 1.82) is 0 Å². The molecule has 0 radical (unpaired) electrons.